The number of halogens is 2. The Hall–Kier alpha value is -0.930. The van der Waals surface area contributed by atoms with Crippen LogP contribution in [0.2, 0.25) is 0 Å². The van der Waals surface area contributed by atoms with Gasteiger partial charge in [-0.2, -0.15) is 5.10 Å². The second kappa shape index (κ2) is 2.77. The summed E-state index contributed by atoms with van der Waals surface area (Å²) < 4.78 is 25.1. The van der Waals surface area contributed by atoms with E-state index < -0.39 is 6.43 Å². The van der Waals surface area contributed by atoms with Crippen molar-refractivity contribution >= 4 is 0 Å². The van der Waals surface area contributed by atoms with E-state index in [1.54, 1.807) is 6.92 Å². The van der Waals surface area contributed by atoms with E-state index in [-0.39, 0.29) is 5.69 Å². The van der Waals surface area contributed by atoms with E-state index in [0.717, 1.165) is 0 Å². The normalized spacial score (nSPS) is 10.8. The van der Waals surface area contributed by atoms with Crippen LogP contribution in [0, 0.1) is 6.07 Å². The Morgan fingerprint density at radius 3 is 2.90 bits per heavy atom. The van der Waals surface area contributed by atoms with Crippen LogP contribution in [0.25, 0.3) is 0 Å². The van der Waals surface area contributed by atoms with Crippen LogP contribution in [0.3, 0.4) is 0 Å². The second-order valence-electron chi connectivity index (χ2n) is 1.79. The van der Waals surface area contributed by atoms with Gasteiger partial charge in [-0.15, -0.1) is 0 Å². The molecule has 0 aliphatic carbocycles. The number of hydrogen-bond donors (Lipinski definition) is 0. The Labute approximate surface area is 57.5 Å². The molecule has 10 heavy (non-hydrogen) atoms. The lowest BCUT2D eigenvalue weighted by atomic mass is 10.4. The first kappa shape index (κ1) is 7.18. The summed E-state index contributed by atoms with van der Waals surface area (Å²) in [5.41, 5.74) is -0.137. The third-order valence-corrected chi connectivity index (χ3v) is 1.19. The van der Waals surface area contributed by atoms with Crippen LogP contribution in [0.1, 0.15) is 19.0 Å². The van der Waals surface area contributed by atoms with Crippen molar-refractivity contribution in [1.82, 2.24) is 9.78 Å². The highest BCUT2D eigenvalue weighted by Crippen LogP contribution is 2.16. The summed E-state index contributed by atoms with van der Waals surface area (Å²) in [5, 5.41) is 3.64. The van der Waals surface area contributed by atoms with E-state index >= 15 is 0 Å². The Morgan fingerprint density at radius 1 is 1.80 bits per heavy atom. The minimum Gasteiger partial charge on any atom is -0.263 e. The molecule has 0 aliphatic heterocycles. The first-order chi connectivity index (χ1) is 4.75. The Bertz CT molecular complexity index is 207. The fraction of sp³-hybridized carbons (Fsp3) is 0.500. The number of alkyl halides is 2. The molecule has 0 aliphatic rings. The minimum absolute atomic E-state index is 0.137. The van der Waals surface area contributed by atoms with Gasteiger partial charge in [0.1, 0.15) is 5.69 Å². The molecule has 0 saturated heterocycles. The summed E-state index contributed by atoms with van der Waals surface area (Å²) in [6.07, 6.45) is -1.22. The van der Waals surface area contributed by atoms with Crippen molar-refractivity contribution in [2.75, 3.05) is 0 Å². The maximum atomic E-state index is 12.0. The largest absolute Gasteiger partial charge is 0.280 e. The molecule has 0 aromatic carbocycles. The van der Waals surface area contributed by atoms with Gasteiger partial charge in [-0.05, 0) is 6.92 Å². The van der Waals surface area contributed by atoms with Crippen LogP contribution in [0.15, 0.2) is 6.20 Å². The van der Waals surface area contributed by atoms with Crippen molar-refractivity contribution in [3.05, 3.63) is 18.0 Å². The molecule has 0 saturated carbocycles. The van der Waals surface area contributed by atoms with Crippen LogP contribution in [0.5, 0.6) is 0 Å². The average Bonchev–Trinajstić information content (AvgIpc) is 2.33. The van der Waals surface area contributed by atoms with Crippen LogP contribution < -0.4 is 0 Å². The van der Waals surface area contributed by atoms with E-state index in [2.05, 4.69) is 11.2 Å². The summed E-state index contributed by atoms with van der Waals surface area (Å²) in [7, 11) is 0. The maximum absolute atomic E-state index is 12.0. The fourth-order valence-corrected chi connectivity index (χ4v) is 0.729. The molecular formula is C6H7F2N2. The molecule has 1 radical (unpaired) electrons. The van der Waals surface area contributed by atoms with Crippen molar-refractivity contribution in [3.63, 3.8) is 0 Å². The maximum Gasteiger partial charge on any atom is 0.280 e. The second-order valence-corrected chi connectivity index (χ2v) is 1.79. The van der Waals surface area contributed by atoms with Crippen molar-refractivity contribution in [2.24, 2.45) is 0 Å². The topological polar surface area (TPSA) is 17.8 Å². The lowest BCUT2D eigenvalue weighted by molar-refractivity contribution is 0.139. The molecule has 0 fully saturated rings. The number of aromatic nitrogens is 2. The zero-order valence-electron chi connectivity index (χ0n) is 5.51. The minimum atomic E-state index is -2.47. The summed E-state index contributed by atoms with van der Waals surface area (Å²) in [5.74, 6) is 0. The van der Waals surface area contributed by atoms with Crippen LogP contribution in [-0.4, -0.2) is 9.78 Å². The number of nitrogens with zero attached hydrogens (tertiary/aromatic N) is 2. The molecule has 4 heteroatoms. The van der Waals surface area contributed by atoms with Gasteiger partial charge in [0.2, 0.25) is 0 Å². The van der Waals surface area contributed by atoms with Crippen LogP contribution in [0.4, 0.5) is 8.78 Å². The SMILES string of the molecule is CCn1nc[c]c1C(F)F. The molecule has 1 heterocycles. The van der Waals surface area contributed by atoms with E-state index in [1.165, 1.54) is 10.9 Å². The molecule has 0 spiro atoms. The monoisotopic (exact) mass is 145 g/mol. The van der Waals surface area contributed by atoms with Gasteiger partial charge in [0.05, 0.1) is 6.20 Å². The highest BCUT2D eigenvalue weighted by molar-refractivity contribution is 4.98. The summed E-state index contributed by atoms with van der Waals surface area (Å²) in [6.45, 7) is 2.22. The predicted octanol–water partition coefficient (Wildman–Crippen LogP) is 1.64. The molecule has 1 aromatic heterocycles. The summed E-state index contributed by atoms with van der Waals surface area (Å²) >= 11 is 0. The van der Waals surface area contributed by atoms with Crippen molar-refractivity contribution < 1.29 is 8.78 Å². The van der Waals surface area contributed by atoms with Gasteiger partial charge in [-0.3, -0.25) is 4.68 Å². The predicted molar refractivity (Wildman–Crippen MR) is 31.7 cm³/mol. The highest BCUT2D eigenvalue weighted by Gasteiger charge is 2.11. The Balaban J connectivity index is 2.90. The smallest absolute Gasteiger partial charge is 0.263 e. The van der Waals surface area contributed by atoms with E-state index in [1.807, 2.05) is 0 Å². The number of aryl methyl sites for hydroxylation is 1. The van der Waals surface area contributed by atoms with Gasteiger partial charge >= 0.3 is 0 Å². The molecule has 1 aromatic rings. The summed E-state index contributed by atoms with van der Waals surface area (Å²) in [6, 6.07) is 2.36. The lowest BCUT2D eigenvalue weighted by Crippen LogP contribution is -2.02. The Kier molecular flexibility index (Phi) is 1.99. The van der Waals surface area contributed by atoms with Gasteiger partial charge in [0.15, 0.2) is 0 Å². The lowest BCUT2D eigenvalue weighted by Gasteiger charge is -2.00. The van der Waals surface area contributed by atoms with Crippen LogP contribution >= 0.6 is 0 Å². The molecule has 0 N–H and O–H groups in total. The summed E-state index contributed by atoms with van der Waals surface area (Å²) in [4.78, 5) is 0. The molecule has 1 rings (SSSR count). The van der Waals surface area contributed by atoms with Gasteiger partial charge in [-0.1, -0.05) is 0 Å². The zero-order valence-corrected chi connectivity index (χ0v) is 5.51. The molecule has 0 amide bonds. The average molecular weight is 145 g/mol. The van der Waals surface area contributed by atoms with Gasteiger partial charge < -0.3 is 0 Å². The quantitative estimate of drug-likeness (QED) is 0.618. The van der Waals surface area contributed by atoms with E-state index in [4.69, 9.17) is 0 Å². The first-order valence-corrected chi connectivity index (χ1v) is 2.97. The first-order valence-electron chi connectivity index (χ1n) is 2.97. The van der Waals surface area contributed by atoms with E-state index in [0.29, 0.717) is 6.54 Å². The Morgan fingerprint density at radius 2 is 2.50 bits per heavy atom. The molecule has 2 nitrogen and oxygen atoms in total. The molecule has 0 atom stereocenters. The third kappa shape index (κ3) is 1.15. The molecule has 55 valence electrons. The zero-order chi connectivity index (χ0) is 7.56. The van der Waals surface area contributed by atoms with Crippen molar-refractivity contribution in [1.29, 1.82) is 0 Å². The third-order valence-electron chi connectivity index (χ3n) is 1.19. The molecule has 0 bridgehead atoms. The van der Waals surface area contributed by atoms with E-state index in [9.17, 15) is 8.78 Å². The van der Waals surface area contributed by atoms with Gasteiger partial charge in [0.25, 0.3) is 6.43 Å². The highest BCUT2D eigenvalue weighted by atomic mass is 19.3. The number of rotatable bonds is 2. The molecular weight excluding hydrogens is 138 g/mol. The molecule has 0 unspecified atom stereocenters. The fourth-order valence-electron chi connectivity index (χ4n) is 0.729. The number of hydrogen-bond acceptors (Lipinski definition) is 1. The van der Waals surface area contributed by atoms with Gasteiger partial charge in [-0.25, -0.2) is 8.78 Å². The van der Waals surface area contributed by atoms with Gasteiger partial charge in [0, 0.05) is 12.6 Å². The standard InChI is InChI=1S/C6H7F2N2/c1-2-10-5(6(7)8)3-4-9-10/h4,6H,2H2,1H3. The van der Waals surface area contributed by atoms with Crippen LogP contribution in [-0.2, 0) is 6.54 Å². The van der Waals surface area contributed by atoms with Crippen molar-refractivity contribution in [2.45, 2.75) is 19.9 Å². The van der Waals surface area contributed by atoms with Crippen molar-refractivity contribution in [3.8, 4) is 0 Å².